The van der Waals surface area contributed by atoms with Crippen LogP contribution in [0.15, 0.2) is 29.8 Å². The Morgan fingerprint density at radius 2 is 1.70 bits per heavy atom. The first-order valence-corrected chi connectivity index (χ1v) is 6.44. The van der Waals surface area contributed by atoms with Crippen LogP contribution in [-0.2, 0) is 19.1 Å². The minimum atomic E-state index is -0.735. The van der Waals surface area contributed by atoms with E-state index >= 15 is 0 Å². The van der Waals surface area contributed by atoms with E-state index in [2.05, 4.69) is 14.8 Å². The highest BCUT2D eigenvalue weighted by molar-refractivity contribution is 6.18. The molecule has 0 aliphatic heterocycles. The van der Waals surface area contributed by atoms with Gasteiger partial charge in [-0.2, -0.15) is 0 Å². The van der Waals surface area contributed by atoms with Gasteiger partial charge in [-0.15, -0.1) is 11.6 Å². The van der Waals surface area contributed by atoms with Gasteiger partial charge in [0.25, 0.3) is 0 Å². The number of halogens is 1. The molecule has 0 unspecified atom stereocenters. The minimum absolute atomic E-state index is 0.156. The summed E-state index contributed by atoms with van der Waals surface area (Å²) in [4.78, 5) is 23.0. The van der Waals surface area contributed by atoms with Crippen LogP contribution < -0.4 is 5.32 Å². The van der Waals surface area contributed by atoms with E-state index in [1.165, 1.54) is 20.3 Å². The molecule has 1 N–H and O–H groups in total. The number of hydrogen-bond donors (Lipinski definition) is 1. The van der Waals surface area contributed by atoms with E-state index < -0.39 is 11.9 Å². The Bertz CT molecular complexity index is 478. The summed E-state index contributed by atoms with van der Waals surface area (Å²) >= 11 is 5.58. The van der Waals surface area contributed by atoms with Crippen molar-refractivity contribution in [2.75, 3.05) is 32.0 Å². The molecule has 0 aliphatic rings. The number of carbonyl (C=O) groups excluding carboxylic acids is 2. The van der Waals surface area contributed by atoms with Crippen LogP contribution in [0.5, 0.6) is 0 Å². The SMILES string of the molecule is COC(=O)C(=Cc1ccc(NCCCl)cc1)C(=O)OC. The normalized spacial score (nSPS) is 9.55. The molecule has 1 aromatic carbocycles. The van der Waals surface area contributed by atoms with Gasteiger partial charge in [-0.3, -0.25) is 0 Å². The molecule has 0 fully saturated rings. The fraction of sp³-hybridized carbons (Fsp3) is 0.286. The lowest BCUT2D eigenvalue weighted by Gasteiger charge is -2.05. The highest BCUT2D eigenvalue weighted by Crippen LogP contribution is 2.14. The van der Waals surface area contributed by atoms with Crippen LogP contribution in [0.4, 0.5) is 5.69 Å². The molecule has 6 heteroatoms. The Balaban J connectivity index is 2.93. The predicted octanol–water partition coefficient (Wildman–Crippen LogP) is 2.07. The van der Waals surface area contributed by atoms with Gasteiger partial charge in [-0.05, 0) is 23.8 Å². The van der Waals surface area contributed by atoms with Crippen molar-refractivity contribution in [1.29, 1.82) is 0 Å². The van der Waals surface area contributed by atoms with Crippen molar-refractivity contribution >= 4 is 35.3 Å². The van der Waals surface area contributed by atoms with Crippen LogP contribution >= 0.6 is 11.6 Å². The third-order valence-corrected chi connectivity index (χ3v) is 2.64. The van der Waals surface area contributed by atoms with Gasteiger partial charge in [0.15, 0.2) is 0 Å². The third-order valence-electron chi connectivity index (χ3n) is 2.46. The fourth-order valence-electron chi connectivity index (χ4n) is 1.48. The number of esters is 2. The lowest BCUT2D eigenvalue weighted by atomic mass is 10.1. The molecule has 0 heterocycles. The molecule has 1 rings (SSSR count). The lowest BCUT2D eigenvalue weighted by Crippen LogP contribution is -2.15. The van der Waals surface area contributed by atoms with Crippen molar-refractivity contribution in [1.82, 2.24) is 0 Å². The molecule has 0 amide bonds. The number of rotatable bonds is 6. The van der Waals surface area contributed by atoms with Gasteiger partial charge in [0.05, 0.1) is 14.2 Å². The van der Waals surface area contributed by atoms with Crippen molar-refractivity contribution in [2.24, 2.45) is 0 Å². The predicted molar refractivity (Wildman–Crippen MR) is 77.7 cm³/mol. The monoisotopic (exact) mass is 297 g/mol. The molecular formula is C14H16ClNO4. The lowest BCUT2D eigenvalue weighted by molar-refractivity contribution is -0.143. The zero-order chi connectivity index (χ0) is 15.0. The molecule has 0 spiro atoms. The van der Waals surface area contributed by atoms with E-state index in [0.717, 1.165) is 5.69 Å². The van der Waals surface area contributed by atoms with Gasteiger partial charge in [0, 0.05) is 18.1 Å². The largest absolute Gasteiger partial charge is 0.465 e. The molecule has 0 atom stereocenters. The van der Waals surface area contributed by atoms with E-state index in [1.54, 1.807) is 12.1 Å². The second-order valence-corrected chi connectivity index (χ2v) is 4.16. The molecule has 5 nitrogen and oxygen atoms in total. The highest BCUT2D eigenvalue weighted by atomic mass is 35.5. The Hall–Kier alpha value is -2.01. The number of nitrogens with one attached hydrogen (secondary N) is 1. The first-order chi connectivity index (χ1) is 9.62. The van der Waals surface area contributed by atoms with E-state index in [1.807, 2.05) is 12.1 Å². The molecule has 1 aromatic rings. The van der Waals surface area contributed by atoms with Gasteiger partial charge in [-0.1, -0.05) is 12.1 Å². The number of methoxy groups -OCH3 is 2. The quantitative estimate of drug-likeness (QED) is 0.286. The van der Waals surface area contributed by atoms with Crippen LogP contribution in [0, 0.1) is 0 Å². The molecule has 0 bridgehead atoms. The van der Waals surface area contributed by atoms with Gasteiger partial charge >= 0.3 is 11.9 Å². The van der Waals surface area contributed by atoms with Crippen molar-refractivity contribution in [2.45, 2.75) is 0 Å². The maximum atomic E-state index is 11.5. The highest BCUT2D eigenvalue weighted by Gasteiger charge is 2.19. The standard InChI is InChI=1S/C14H16ClNO4/c1-19-13(17)12(14(18)20-2)9-10-3-5-11(6-4-10)16-8-7-15/h3-6,9,16H,7-8H2,1-2H3. The summed E-state index contributed by atoms with van der Waals surface area (Å²) in [7, 11) is 2.41. The van der Waals surface area contributed by atoms with Crippen LogP contribution in [0.3, 0.4) is 0 Å². The molecule has 0 aromatic heterocycles. The van der Waals surface area contributed by atoms with Gasteiger partial charge in [0.2, 0.25) is 0 Å². The molecule has 0 saturated heterocycles. The number of ether oxygens (including phenoxy) is 2. The number of hydrogen-bond acceptors (Lipinski definition) is 5. The van der Waals surface area contributed by atoms with Crippen LogP contribution in [0.1, 0.15) is 5.56 Å². The van der Waals surface area contributed by atoms with Crippen molar-refractivity contribution in [3.8, 4) is 0 Å². The first kappa shape index (κ1) is 16.0. The van der Waals surface area contributed by atoms with E-state index in [0.29, 0.717) is 18.0 Å². The fourth-order valence-corrected chi connectivity index (χ4v) is 1.57. The summed E-state index contributed by atoms with van der Waals surface area (Å²) in [6, 6.07) is 7.18. The number of anilines is 1. The second-order valence-electron chi connectivity index (χ2n) is 3.78. The zero-order valence-corrected chi connectivity index (χ0v) is 12.1. The summed E-state index contributed by atoms with van der Waals surface area (Å²) in [6.45, 7) is 0.659. The summed E-state index contributed by atoms with van der Waals surface area (Å²) in [6.07, 6.45) is 1.42. The Morgan fingerprint density at radius 3 is 2.15 bits per heavy atom. The average molecular weight is 298 g/mol. The summed E-state index contributed by atoms with van der Waals surface area (Å²) in [5.74, 6) is -0.960. The number of carbonyl (C=O) groups is 2. The summed E-state index contributed by atoms with van der Waals surface area (Å²) in [5, 5.41) is 3.11. The number of benzene rings is 1. The van der Waals surface area contributed by atoms with Crippen molar-refractivity contribution in [3.05, 3.63) is 35.4 Å². The second kappa shape index (κ2) is 8.22. The van der Waals surface area contributed by atoms with Crippen LogP contribution in [0.25, 0.3) is 6.08 Å². The van der Waals surface area contributed by atoms with Crippen molar-refractivity contribution < 1.29 is 19.1 Å². The number of alkyl halides is 1. The Labute approximate surface area is 122 Å². The maximum absolute atomic E-state index is 11.5. The van der Waals surface area contributed by atoms with E-state index in [-0.39, 0.29) is 5.57 Å². The summed E-state index contributed by atoms with van der Waals surface area (Å²) < 4.78 is 9.10. The molecular weight excluding hydrogens is 282 g/mol. The maximum Gasteiger partial charge on any atom is 0.345 e. The van der Waals surface area contributed by atoms with Gasteiger partial charge < -0.3 is 14.8 Å². The first-order valence-electron chi connectivity index (χ1n) is 5.90. The van der Waals surface area contributed by atoms with E-state index in [4.69, 9.17) is 11.6 Å². The topological polar surface area (TPSA) is 64.6 Å². The smallest absolute Gasteiger partial charge is 0.345 e. The van der Waals surface area contributed by atoms with Gasteiger partial charge in [-0.25, -0.2) is 9.59 Å². The molecule has 108 valence electrons. The third kappa shape index (κ3) is 4.59. The molecule has 20 heavy (non-hydrogen) atoms. The summed E-state index contributed by atoms with van der Waals surface area (Å²) in [5.41, 5.74) is 1.43. The van der Waals surface area contributed by atoms with Crippen molar-refractivity contribution in [3.63, 3.8) is 0 Å². The average Bonchev–Trinajstić information content (AvgIpc) is 2.50. The minimum Gasteiger partial charge on any atom is -0.465 e. The Morgan fingerprint density at radius 1 is 1.15 bits per heavy atom. The molecule has 0 aliphatic carbocycles. The van der Waals surface area contributed by atoms with E-state index in [9.17, 15) is 9.59 Å². The van der Waals surface area contributed by atoms with Crippen LogP contribution in [-0.4, -0.2) is 38.6 Å². The molecule has 0 radical (unpaired) electrons. The molecule has 0 saturated carbocycles. The zero-order valence-electron chi connectivity index (χ0n) is 11.3. The Kier molecular flexibility index (Phi) is 6.59. The van der Waals surface area contributed by atoms with Gasteiger partial charge in [0.1, 0.15) is 5.57 Å². The van der Waals surface area contributed by atoms with Crippen LogP contribution in [0.2, 0.25) is 0 Å².